The normalized spacial score (nSPS) is 14.5. The van der Waals surface area contributed by atoms with Crippen molar-refractivity contribution in [2.75, 3.05) is 44.2 Å². The number of rotatable bonds is 8. The fourth-order valence-electron chi connectivity index (χ4n) is 4.29. The zero-order valence-corrected chi connectivity index (χ0v) is 19.0. The second-order valence-corrected chi connectivity index (χ2v) is 8.38. The molecule has 1 aliphatic heterocycles. The Morgan fingerprint density at radius 2 is 1.76 bits per heavy atom. The molecule has 3 aromatic rings. The maximum Gasteiger partial charge on any atom is 0.272 e. The molecular formula is C25H30FN5O2. The molecule has 174 valence electrons. The number of fused-ring (bicyclic) bond motifs is 1. The van der Waals surface area contributed by atoms with E-state index in [2.05, 4.69) is 20.1 Å². The lowest BCUT2D eigenvalue weighted by Crippen LogP contribution is -2.47. The largest absolute Gasteiger partial charge is 0.367 e. The Hall–Kier alpha value is -3.26. The first-order chi connectivity index (χ1) is 16.0. The second-order valence-electron chi connectivity index (χ2n) is 8.38. The van der Waals surface area contributed by atoms with Gasteiger partial charge in [-0.3, -0.25) is 14.5 Å². The molecule has 0 unspecified atom stereocenters. The lowest BCUT2D eigenvalue weighted by atomic mass is 10.2. The Balaban J connectivity index is 1.18. The van der Waals surface area contributed by atoms with E-state index >= 15 is 0 Å². The van der Waals surface area contributed by atoms with Gasteiger partial charge in [-0.25, -0.2) is 9.37 Å². The van der Waals surface area contributed by atoms with Gasteiger partial charge in [0.25, 0.3) is 5.56 Å². The number of amides is 1. The fourth-order valence-corrected chi connectivity index (χ4v) is 4.29. The molecule has 33 heavy (non-hydrogen) atoms. The summed E-state index contributed by atoms with van der Waals surface area (Å²) in [5.41, 5.74) is 2.45. The molecule has 1 aromatic heterocycles. The van der Waals surface area contributed by atoms with Crippen molar-refractivity contribution in [2.24, 2.45) is 0 Å². The summed E-state index contributed by atoms with van der Waals surface area (Å²) in [5, 5.41) is 2.96. The lowest BCUT2D eigenvalue weighted by Gasteiger charge is -2.36. The molecule has 2 heterocycles. The van der Waals surface area contributed by atoms with Gasteiger partial charge in [-0.15, -0.1) is 0 Å². The number of halogens is 1. The summed E-state index contributed by atoms with van der Waals surface area (Å²) in [6.45, 7) is 6.84. The number of benzene rings is 2. The van der Waals surface area contributed by atoms with Crippen LogP contribution in [-0.2, 0) is 11.3 Å². The van der Waals surface area contributed by atoms with Crippen LogP contribution in [0, 0.1) is 12.7 Å². The molecular weight excluding hydrogens is 421 g/mol. The minimum Gasteiger partial charge on any atom is -0.367 e. The Kier molecular flexibility index (Phi) is 7.34. The van der Waals surface area contributed by atoms with Gasteiger partial charge in [0.05, 0.1) is 16.7 Å². The first-order valence-electron chi connectivity index (χ1n) is 11.5. The first-order valence-corrected chi connectivity index (χ1v) is 11.5. The van der Waals surface area contributed by atoms with Crippen LogP contribution in [0.15, 0.2) is 53.3 Å². The number of anilines is 1. The molecule has 0 atom stereocenters. The maximum absolute atomic E-state index is 14.0. The van der Waals surface area contributed by atoms with Gasteiger partial charge < -0.3 is 14.8 Å². The molecule has 0 saturated carbocycles. The van der Waals surface area contributed by atoms with Crippen molar-refractivity contribution in [3.8, 4) is 0 Å². The summed E-state index contributed by atoms with van der Waals surface area (Å²) in [6.07, 6.45) is 1.09. The number of hydrogen-bond acceptors (Lipinski definition) is 5. The van der Waals surface area contributed by atoms with Crippen molar-refractivity contribution in [3.05, 3.63) is 70.4 Å². The molecule has 1 fully saturated rings. The number of para-hydroxylation sites is 3. The zero-order valence-electron chi connectivity index (χ0n) is 19.0. The number of aromatic nitrogens is 2. The number of aryl methyl sites for hydroxylation is 2. The first kappa shape index (κ1) is 22.9. The van der Waals surface area contributed by atoms with Crippen LogP contribution in [0.1, 0.15) is 18.5 Å². The monoisotopic (exact) mass is 451 g/mol. The molecule has 0 aliphatic carbocycles. The molecule has 0 spiro atoms. The van der Waals surface area contributed by atoms with E-state index in [4.69, 9.17) is 0 Å². The van der Waals surface area contributed by atoms with Crippen molar-refractivity contribution in [1.29, 1.82) is 0 Å². The summed E-state index contributed by atoms with van der Waals surface area (Å²) < 4.78 is 15.6. The van der Waals surface area contributed by atoms with Crippen LogP contribution in [0.4, 0.5) is 10.1 Å². The number of piperazine rings is 1. The molecule has 2 aromatic carbocycles. The minimum absolute atomic E-state index is 0.0650. The summed E-state index contributed by atoms with van der Waals surface area (Å²) in [6, 6.07) is 14.4. The third-order valence-electron chi connectivity index (χ3n) is 6.12. The van der Waals surface area contributed by atoms with Crippen LogP contribution < -0.4 is 15.8 Å². The predicted molar refractivity (Wildman–Crippen MR) is 128 cm³/mol. The van der Waals surface area contributed by atoms with Crippen LogP contribution >= 0.6 is 0 Å². The molecule has 1 aliphatic rings. The zero-order chi connectivity index (χ0) is 23.2. The summed E-state index contributed by atoms with van der Waals surface area (Å²) in [4.78, 5) is 33.6. The summed E-state index contributed by atoms with van der Waals surface area (Å²) in [7, 11) is 0. The van der Waals surface area contributed by atoms with Gasteiger partial charge in [-0.2, -0.15) is 0 Å². The quantitative estimate of drug-likeness (QED) is 0.533. The SMILES string of the molecule is Cc1nc2ccccc2n(CCC(=O)NCCCN2CCN(c3ccccc3F)CC2)c1=O. The number of nitrogens with zero attached hydrogens (tertiary/aromatic N) is 4. The Bertz CT molecular complexity index is 1170. The highest BCUT2D eigenvalue weighted by molar-refractivity contribution is 5.77. The summed E-state index contributed by atoms with van der Waals surface area (Å²) >= 11 is 0. The van der Waals surface area contributed by atoms with Gasteiger partial charge in [-0.05, 0) is 44.2 Å². The number of carbonyl (C=O) groups is 1. The average Bonchev–Trinajstić information content (AvgIpc) is 2.83. The van der Waals surface area contributed by atoms with E-state index in [0.717, 1.165) is 50.2 Å². The van der Waals surface area contributed by atoms with Gasteiger partial charge >= 0.3 is 0 Å². The highest BCUT2D eigenvalue weighted by Crippen LogP contribution is 2.20. The van der Waals surface area contributed by atoms with Gasteiger partial charge in [0, 0.05) is 45.7 Å². The van der Waals surface area contributed by atoms with Crippen molar-refractivity contribution in [3.63, 3.8) is 0 Å². The van der Waals surface area contributed by atoms with E-state index in [-0.39, 0.29) is 23.7 Å². The fraction of sp³-hybridized carbons (Fsp3) is 0.400. The van der Waals surface area contributed by atoms with E-state index < -0.39 is 0 Å². The van der Waals surface area contributed by atoms with E-state index in [1.165, 1.54) is 6.07 Å². The van der Waals surface area contributed by atoms with E-state index in [9.17, 15) is 14.0 Å². The van der Waals surface area contributed by atoms with Crippen LogP contribution in [0.2, 0.25) is 0 Å². The molecule has 8 heteroatoms. The van der Waals surface area contributed by atoms with Crippen molar-refractivity contribution < 1.29 is 9.18 Å². The molecule has 1 saturated heterocycles. The molecule has 0 radical (unpaired) electrons. The number of carbonyl (C=O) groups excluding carboxylic acids is 1. The molecule has 7 nitrogen and oxygen atoms in total. The molecule has 1 N–H and O–H groups in total. The van der Waals surface area contributed by atoms with E-state index in [1.54, 1.807) is 17.6 Å². The van der Waals surface area contributed by atoms with Crippen molar-refractivity contribution in [1.82, 2.24) is 19.8 Å². The van der Waals surface area contributed by atoms with Crippen LogP contribution in [0.3, 0.4) is 0 Å². The topological polar surface area (TPSA) is 70.5 Å². The summed E-state index contributed by atoms with van der Waals surface area (Å²) in [5.74, 6) is -0.240. The van der Waals surface area contributed by atoms with Crippen LogP contribution in [-0.4, -0.2) is 59.6 Å². The highest BCUT2D eigenvalue weighted by Gasteiger charge is 2.19. The smallest absolute Gasteiger partial charge is 0.272 e. The van der Waals surface area contributed by atoms with Crippen molar-refractivity contribution >= 4 is 22.6 Å². The molecule has 0 bridgehead atoms. The van der Waals surface area contributed by atoms with Gasteiger partial charge in [0.2, 0.25) is 5.91 Å². The maximum atomic E-state index is 14.0. The second kappa shape index (κ2) is 10.6. The molecule has 1 amide bonds. The average molecular weight is 452 g/mol. The van der Waals surface area contributed by atoms with E-state index in [1.807, 2.05) is 36.4 Å². The van der Waals surface area contributed by atoms with Crippen molar-refractivity contribution in [2.45, 2.75) is 26.3 Å². The Morgan fingerprint density at radius 3 is 2.55 bits per heavy atom. The Morgan fingerprint density at radius 1 is 1.03 bits per heavy atom. The highest BCUT2D eigenvalue weighted by atomic mass is 19.1. The lowest BCUT2D eigenvalue weighted by molar-refractivity contribution is -0.121. The van der Waals surface area contributed by atoms with Crippen LogP contribution in [0.5, 0.6) is 0 Å². The third-order valence-corrected chi connectivity index (χ3v) is 6.12. The number of nitrogens with one attached hydrogen (secondary N) is 1. The predicted octanol–water partition coefficient (Wildman–Crippen LogP) is 2.56. The molecule has 4 rings (SSSR count). The number of hydrogen-bond donors (Lipinski definition) is 1. The van der Waals surface area contributed by atoms with Gasteiger partial charge in [0.15, 0.2) is 0 Å². The standard InChI is InChI=1S/C25H30FN5O2/c1-19-25(33)31(23-10-5-3-8-21(23)28-19)14-11-24(32)27-12-6-13-29-15-17-30(18-16-29)22-9-4-2-7-20(22)26/h2-5,7-10H,6,11-18H2,1H3,(H,27,32). The Labute approximate surface area is 192 Å². The van der Waals surface area contributed by atoms with Gasteiger partial charge in [-0.1, -0.05) is 24.3 Å². The minimum atomic E-state index is -0.175. The van der Waals surface area contributed by atoms with Gasteiger partial charge in [0.1, 0.15) is 11.5 Å². The third kappa shape index (κ3) is 5.57. The van der Waals surface area contributed by atoms with Crippen LogP contribution in [0.25, 0.3) is 11.0 Å². The van der Waals surface area contributed by atoms with E-state index in [0.29, 0.717) is 24.5 Å².